The highest BCUT2D eigenvalue weighted by Gasteiger charge is 2.14. The van der Waals surface area contributed by atoms with E-state index in [4.69, 9.17) is 11.6 Å². The number of aromatic nitrogens is 2. The molecule has 0 unspecified atom stereocenters. The van der Waals surface area contributed by atoms with Crippen LogP contribution < -0.4 is 5.32 Å². The minimum atomic E-state index is -0.128. The molecule has 8 heteroatoms. The monoisotopic (exact) mass is 442 g/mol. The maximum atomic E-state index is 12.3. The van der Waals surface area contributed by atoms with Gasteiger partial charge in [-0.1, -0.05) is 29.8 Å². The lowest BCUT2D eigenvalue weighted by Gasteiger charge is -2.10. The van der Waals surface area contributed by atoms with Crippen LogP contribution in [-0.2, 0) is 4.79 Å². The number of hydrogen-bond donors (Lipinski definition) is 1. The molecule has 29 heavy (non-hydrogen) atoms. The van der Waals surface area contributed by atoms with E-state index in [2.05, 4.69) is 21.4 Å². The minimum Gasteiger partial charge on any atom is -0.302 e. The van der Waals surface area contributed by atoms with Crippen LogP contribution in [0.25, 0.3) is 11.3 Å². The van der Waals surface area contributed by atoms with Crippen LogP contribution >= 0.6 is 34.7 Å². The first kappa shape index (κ1) is 21.3. The smallest absolute Gasteiger partial charge is 0.226 e. The standard InChI is InChI=1S/C21H19ClN4OS2/c1-12-13(2)16(10-23)20(24-14(12)3)28-9-8-19(27)26-21-25-18(11-29-21)15-6-4-5-7-17(15)22/h4-7,11H,8-9H2,1-3H3,(H,25,26,27). The van der Waals surface area contributed by atoms with Gasteiger partial charge in [-0.25, -0.2) is 9.97 Å². The van der Waals surface area contributed by atoms with Crippen LogP contribution in [0.1, 0.15) is 28.8 Å². The van der Waals surface area contributed by atoms with Gasteiger partial charge in [-0.3, -0.25) is 4.79 Å². The number of carbonyl (C=O) groups excluding carboxylic acids is 1. The summed E-state index contributed by atoms with van der Waals surface area (Å²) >= 11 is 8.98. The molecular weight excluding hydrogens is 424 g/mol. The molecule has 0 aliphatic heterocycles. The van der Waals surface area contributed by atoms with E-state index in [1.807, 2.05) is 50.4 Å². The zero-order valence-corrected chi connectivity index (χ0v) is 18.6. The average Bonchev–Trinajstić information content (AvgIpc) is 3.15. The second kappa shape index (κ2) is 9.40. The quantitative estimate of drug-likeness (QED) is 0.489. The van der Waals surface area contributed by atoms with E-state index >= 15 is 0 Å². The Kier molecular flexibility index (Phi) is 6.91. The van der Waals surface area contributed by atoms with Crippen molar-refractivity contribution in [2.24, 2.45) is 0 Å². The first-order valence-electron chi connectivity index (χ1n) is 8.91. The molecule has 1 N–H and O–H groups in total. The van der Waals surface area contributed by atoms with E-state index in [9.17, 15) is 10.1 Å². The van der Waals surface area contributed by atoms with Crippen LogP contribution in [0.15, 0.2) is 34.7 Å². The number of amides is 1. The maximum absolute atomic E-state index is 12.3. The molecule has 148 valence electrons. The number of thiazole rings is 1. The van der Waals surface area contributed by atoms with Crippen molar-refractivity contribution in [1.82, 2.24) is 9.97 Å². The average molecular weight is 443 g/mol. The van der Waals surface area contributed by atoms with Gasteiger partial charge in [0.25, 0.3) is 0 Å². The topological polar surface area (TPSA) is 78.7 Å². The molecule has 2 aromatic heterocycles. The molecule has 0 spiro atoms. The Labute approximate surface area is 183 Å². The predicted molar refractivity (Wildman–Crippen MR) is 120 cm³/mol. The van der Waals surface area contributed by atoms with Crippen LogP contribution in [-0.4, -0.2) is 21.6 Å². The number of rotatable bonds is 6. The van der Waals surface area contributed by atoms with Gasteiger partial charge in [-0.15, -0.1) is 23.1 Å². The first-order chi connectivity index (χ1) is 13.9. The number of halogens is 1. The van der Waals surface area contributed by atoms with E-state index < -0.39 is 0 Å². The van der Waals surface area contributed by atoms with Gasteiger partial charge in [0, 0.05) is 33.8 Å². The normalized spacial score (nSPS) is 10.6. The van der Waals surface area contributed by atoms with Gasteiger partial charge in [0.1, 0.15) is 11.1 Å². The highest BCUT2D eigenvalue weighted by atomic mass is 35.5. The molecule has 0 radical (unpaired) electrons. The predicted octanol–water partition coefficient (Wildman–Crippen LogP) is 5.78. The lowest BCUT2D eigenvalue weighted by atomic mass is 10.1. The molecule has 2 heterocycles. The lowest BCUT2D eigenvalue weighted by molar-refractivity contribution is -0.115. The van der Waals surface area contributed by atoms with Gasteiger partial charge in [-0.2, -0.15) is 5.26 Å². The molecule has 1 amide bonds. The summed E-state index contributed by atoms with van der Waals surface area (Å²) in [5.41, 5.74) is 5.04. The molecule has 1 aromatic carbocycles. The number of pyridine rings is 1. The molecule has 3 aromatic rings. The molecule has 0 atom stereocenters. The Bertz CT molecular complexity index is 1100. The van der Waals surface area contributed by atoms with Gasteiger partial charge >= 0.3 is 0 Å². The van der Waals surface area contributed by atoms with Crippen LogP contribution in [0.3, 0.4) is 0 Å². The lowest BCUT2D eigenvalue weighted by Crippen LogP contribution is -2.12. The number of nitrogens with zero attached hydrogens (tertiary/aromatic N) is 3. The number of nitriles is 1. The summed E-state index contributed by atoms with van der Waals surface area (Å²) in [7, 11) is 0. The third-order valence-electron chi connectivity index (χ3n) is 4.54. The Hall–Kier alpha value is -2.40. The Morgan fingerprint density at radius 3 is 2.72 bits per heavy atom. The number of thioether (sulfide) groups is 1. The van der Waals surface area contributed by atoms with Crippen molar-refractivity contribution in [3.05, 3.63) is 57.1 Å². The van der Waals surface area contributed by atoms with Crippen LogP contribution in [0.5, 0.6) is 0 Å². The molecule has 0 saturated carbocycles. The molecule has 0 saturated heterocycles. The van der Waals surface area contributed by atoms with Crippen LogP contribution in [0.2, 0.25) is 5.02 Å². The molecule has 0 aliphatic carbocycles. The van der Waals surface area contributed by atoms with E-state index in [0.29, 0.717) is 32.9 Å². The maximum Gasteiger partial charge on any atom is 0.226 e. The number of anilines is 1. The van der Waals surface area contributed by atoms with E-state index in [1.54, 1.807) is 0 Å². The fraction of sp³-hybridized carbons (Fsp3) is 0.238. The zero-order valence-electron chi connectivity index (χ0n) is 16.2. The van der Waals surface area contributed by atoms with Crippen molar-refractivity contribution in [3.63, 3.8) is 0 Å². The summed E-state index contributed by atoms with van der Waals surface area (Å²) in [6.45, 7) is 5.82. The summed E-state index contributed by atoms with van der Waals surface area (Å²) in [6.07, 6.45) is 0.296. The highest BCUT2D eigenvalue weighted by Crippen LogP contribution is 2.30. The summed E-state index contributed by atoms with van der Waals surface area (Å²) < 4.78 is 0. The number of hydrogen-bond acceptors (Lipinski definition) is 6. The van der Waals surface area contributed by atoms with E-state index in [-0.39, 0.29) is 5.91 Å². The van der Waals surface area contributed by atoms with Gasteiger partial charge in [0.15, 0.2) is 5.13 Å². The van der Waals surface area contributed by atoms with Gasteiger partial charge in [0.2, 0.25) is 5.91 Å². The number of aryl methyl sites for hydroxylation is 1. The minimum absolute atomic E-state index is 0.128. The second-order valence-corrected chi connectivity index (χ2v) is 8.75. The third-order valence-corrected chi connectivity index (χ3v) is 6.61. The number of nitrogens with one attached hydrogen (secondary N) is 1. The second-order valence-electron chi connectivity index (χ2n) is 6.40. The van der Waals surface area contributed by atoms with Crippen molar-refractivity contribution in [2.75, 3.05) is 11.1 Å². The van der Waals surface area contributed by atoms with E-state index in [1.165, 1.54) is 23.1 Å². The van der Waals surface area contributed by atoms with Crippen molar-refractivity contribution in [1.29, 1.82) is 5.26 Å². The fourth-order valence-corrected chi connectivity index (χ4v) is 4.68. The number of carbonyl (C=O) groups is 1. The van der Waals surface area contributed by atoms with Crippen molar-refractivity contribution < 1.29 is 4.79 Å². The largest absolute Gasteiger partial charge is 0.302 e. The fourth-order valence-electron chi connectivity index (χ4n) is 2.69. The molecular formula is C21H19ClN4OS2. The molecule has 3 rings (SSSR count). The van der Waals surface area contributed by atoms with E-state index in [0.717, 1.165) is 28.1 Å². The first-order valence-corrected chi connectivity index (χ1v) is 11.2. The summed E-state index contributed by atoms with van der Waals surface area (Å²) in [5, 5.41) is 16.0. The molecule has 0 bridgehead atoms. The molecule has 0 aliphatic rings. The number of benzene rings is 1. The summed E-state index contributed by atoms with van der Waals surface area (Å²) in [5.74, 6) is 0.398. The Morgan fingerprint density at radius 1 is 1.24 bits per heavy atom. The molecule has 0 fully saturated rings. The SMILES string of the molecule is Cc1nc(SCCC(=O)Nc2nc(-c3ccccc3Cl)cs2)c(C#N)c(C)c1C. The van der Waals surface area contributed by atoms with Gasteiger partial charge in [0.05, 0.1) is 11.3 Å². The Balaban J connectivity index is 1.59. The van der Waals surface area contributed by atoms with Crippen molar-refractivity contribution in [3.8, 4) is 17.3 Å². The summed E-state index contributed by atoms with van der Waals surface area (Å²) in [6, 6.07) is 9.69. The Morgan fingerprint density at radius 2 is 2.00 bits per heavy atom. The van der Waals surface area contributed by atoms with Gasteiger partial charge in [-0.05, 0) is 38.0 Å². The van der Waals surface area contributed by atoms with Crippen LogP contribution in [0, 0.1) is 32.1 Å². The summed E-state index contributed by atoms with van der Waals surface area (Å²) in [4.78, 5) is 21.3. The van der Waals surface area contributed by atoms with Crippen molar-refractivity contribution in [2.45, 2.75) is 32.2 Å². The highest BCUT2D eigenvalue weighted by molar-refractivity contribution is 7.99. The van der Waals surface area contributed by atoms with Gasteiger partial charge < -0.3 is 5.32 Å². The van der Waals surface area contributed by atoms with Crippen LogP contribution in [0.4, 0.5) is 5.13 Å². The molecule has 5 nitrogen and oxygen atoms in total. The van der Waals surface area contributed by atoms with Crippen molar-refractivity contribution >= 4 is 45.7 Å². The zero-order chi connectivity index (χ0) is 21.0. The third kappa shape index (κ3) is 4.96.